The van der Waals surface area contributed by atoms with Crippen molar-refractivity contribution < 1.29 is 0 Å². The minimum absolute atomic E-state index is 0.551. The summed E-state index contributed by atoms with van der Waals surface area (Å²) in [7, 11) is 2.16. The Bertz CT molecular complexity index is 533. The summed E-state index contributed by atoms with van der Waals surface area (Å²) in [6.07, 6.45) is 1.14. The topological polar surface area (TPSA) is 42.2 Å². The molecule has 1 unspecified atom stereocenters. The van der Waals surface area contributed by atoms with Crippen LogP contribution in [0.4, 0.5) is 5.69 Å². The highest BCUT2D eigenvalue weighted by atomic mass is 32.1. The van der Waals surface area contributed by atoms with Crippen LogP contribution in [0.15, 0.2) is 29.6 Å². The van der Waals surface area contributed by atoms with E-state index in [1.807, 2.05) is 12.1 Å². The molecule has 1 aromatic carbocycles. The van der Waals surface area contributed by atoms with Crippen molar-refractivity contribution in [3.05, 3.63) is 45.9 Å². The van der Waals surface area contributed by atoms with Gasteiger partial charge in [0.1, 0.15) is 0 Å². The van der Waals surface area contributed by atoms with Gasteiger partial charge in [0.2, 0.25) is 0 Å². The third kappa shape index (κ3) is 4.32. The summed E-state index contributed by atoms with van der Waals surface area (Å²) in [4.78, 5) is 6.84. The third-order valence-electron chi connectivity index (χ3n) is 3.55. The number of aryl methyl sites for hydroxylation is 1. The van der Waals surface area contributed by atoms with Gasteiger partial charge in [-0.05, 0) is 50.6 Å². The molecule has 2 aromatic rings. The number of nitrogen functional groups attached to an aromatic ring is 1. The molecule has 0 saturated carbocycles. The number of anilines is 1. The Hall–Kier alpha value is -1.39. The first-order valence-electron chi connectivity index (χ1n) is 6.99. The molecule has 1 heterocycles. The Kier molecular flexibility index (Phi) is 5.15. The number of benzene rings is 1. The molecule has 0 amide bonds. The second-order valence-electron chi connectivity index (χ2n) is 5.45. The fourth-order valence-electron chi connectivity index (χ4n) is 2.24. The SMILES string of the molecule is Cc1nc(CN(C)CCC(C)c2ccc(N)cc2)cs1. The molecule has 0 spiro atoms. The number of aromatic nitrogens is 1. The second-order valence-corrected chi connectivity index (χ2v) is 6.51. The van der Waals surface area contributed by atoms with Crippen LogP contribution in [0.5, 0.6) is 0 Å². The second kappa shape index (κ2) is 6.86. The molecule has 2 N–H and O–H groups in total. The maximum absolute atomic E-state index is 5.72. The summed E-state index contributed by atoms with van der Waals surface area (Å²) in [6.45, 7) is 6.32. The Morgan fingerprint density at radius 1 is 1.30 bits per heavy atom. The van der Waals surface area contributed by atoms with Crippen LogP contribution in [0.25, 0.3) is 0 Å². The van der Waals surface area contributed by atoms with Gasteiger partial charge in [-0.2, -0.15) is 0 Å². The van der Waals surface area contributed by atoms with Crippen LogP contribution in [0.1, 0.15) is 35.5 Å². The van der Waals surface area contributed by atoms with Crippen molar-refractivity contribution in [2.75, 3.05) is 19.3 Å². The van der Waals surface area contributed by atoms with Gasteiger partial charge in [-0.15, -0.1) is 11.3 Å². The lowest BCUT2D eigenvalue weighted by molar-refractivity contribution is 0.310. The van der Waals surface area contributed by atoms with E-state index in [1.165, 1.54) is 11.3 Å². The van der Waals surface area contributed by atoms with Crippen molar-refractivity contribution in [2.24, 2.45) is 0 Å². The van der Waals surface area contributed by atoms with E-state index in [0.717, 1.165) is 30.2 Å². The van der Waals surface area contributed by atoms with Gasteiger partial charge < -0.3 is 10.6 Å². The molecule has 0 fully saturated rings. The zero-order valence-corrected chi connectivity index (χ0v) is 13.3. The fourth-order valence-corrected chi connectivity index (χ4v) is 2.85. The van der Waals surface area contributed by atoms with Crippen LogP contribution in [0.3, 0.4) is 0 Å². The van der Waals surface area contributed by atoms with Gasteiger partial charge in [-0.1, -0.05) is 19.1 Å². The largest absolute Gasteiger partial charge is 0.399 e. The molecule has 0 radical (unpaired) electrons. The molecule has 0 aliphatic carbocycles. The predicted molar refractivity (Wildman–Crippen MR) is 87.1 cm³/mol. The molecule has 0 aliphatic heterocycles. The molecular formula is C16H23N3S. The van der Waals surface area contributed by atoms with Crippen molar-refractivity contribution in [1.29, 1.82) is 0 Å². The third-order valence-corrected chi connectivity index (χ3v) is 4.37. The summed E-state index contributed by atoms with van der Waals surface area (Å²) in [6, 6.07) is 8.22. The Balaban J connectivity index is 1.80. The summed E-state index contributed by atoms with van der Waals surface area (Å²) in [5.41, 5.74) is 9.09. The van der Waals surface area contributed by atoms with Crippen LogP contribution in [0.2, 0.25) is 0 Å². The van der Waals surface area contributed by atoms with E-state index in [-0.39, 0.29) is 0 Å². The number of hydrogen-bond acceptors (Lipinski definition) is 4. The summed E-state index contributed by atoms with van der Waals surface area (Å²) < 4.78 is 0. The number of nitrogens with zero attached hydrogens (tertiary/aromatic N) is 2. The molecule has 0 saturated heterocycles. The van der Waals surface area contributed by atoms with Crippen LogP contribution in [-0.4, -0.2) is 23.5 Å². The molecule has 20 heavy (non-hydrogen) atoms. The van der Waals surface area contributed by atoms with E-state index in [9.17, 15) is 0 Å². The lowest BCUT2D eigenvalue weighted by Gasteiger charge is -2.18. The summed E-state index contributed by atoms with van der Waals surface area (Å²) in [5.74, 6) is 0.551. The molecule has 108 valence electrons. The normalized spacial score (nSPS) is 12.8. The zero-order chi connectivity index (χ0) is 14.5. The van der Waals surface area contributed by atoms with Gasteiger partial charge in [0.25, 0.3) is 0 Å². The van der Waals surface area contributed by atoms with Gasteiger partial charge in [0.15, 0.2) is 0 Å². The van der Waals surface area contributed by atoms with Crippen molar-refractivity contribution in [1.82, 2.24) is 9.88 Å². The molecule has 0 bridgehead atoms. The van der Waals surface area contributed by atoms with Crippen LogP contribution >= 0.6 is 11.3 Å². The van der Waals surface area contributed by atoms with Crippen molar-refractivity contribution in [3.63, 3.8) is 0 Å². The van der Waals surface area contributed by atoms with E-state index >= 15 is 0 Å². The average Bonchev–Trinajstić information content (AvgIpc) is 2.82. The minimum atomic E-state index is 0.551. The molecule has 0 aliphatic rings. The van der Waals surface area contributed by atoms with Crippen LogP contribution in [-0.2, 0) is 6.54 Å². The standard InChI is InChI=1S/C16H23N3S/c1-12(14-4-6-15(17)7-5-14)8-9-19(3)10-16-11-20-13(2)18-16/h4-7,11-12H,8-10,17H2,1-3H3. The van der Waals surface area contributed by atoms with Crippen molar-refractivity contribution in [3.8, 4) is 0 Å². The molecular weight excluding hydrogens is 266 g/mol. The number of rotatable bonds is 6. The van der Waals surface area contributed by atoms with E-state index < -0.39 is 0 Å². The Labute approximate surface area is 125 Å². The molecule has 1 aromatic heterocycles. The monoisotopic (exact) mass is 289 g/mol. The number of hydrogen-bond donors (Lipinski definition) is 1. The Morgan fingerprint density at radius 3 is 2.60 bits per heavy atom. The molecule has 1 atom stereocenters. The fraction of sp³-hybridized carbons (Fsp3) is 0.438. The van der Waals surface area contributed by atoms with Gasteiger partial charge in [0.05, 0.1) is 10.7 Å². The Morgan fingerprint density at radius 2 is 2.00 bits per heavy atom. The molecule has 3 nitrogen and oxygen atoms in total. The van der Waals surface area contributed by atoms with Gasteiger partial charge in [0, 0.05) is 17.6 Å². The van der Waals surface area contributed by atoms with Gasteiger partial charge in [-0.3, -0.25) is 0 Å². The molecule has 2 rings (SSSR count). The lowest BCUT2D eigenvalue weighted by Crippen LogP contribution is -2.20. The highest BCUT2D eigenvalue weighted by molar-refractivity contribution is 7.09. The van der Waals surface area contributed by atoms with Crippen LogP contribution in [0, 0.1) is 6.92 Å². The maximum atomic E-state index is 5.72. The zero-order valence-electron chi connectivity index (χ0n) is 12.5. The van der Waals surface area contributed by atoms with E-state index in [0.29, 0.717) is 5.92 Å². The van der Waals surface area contributed by atoms with E-state index in [4.69, 9.17) is 5.73 Å². The molecule has 4 heteroatoms. The number of nitrogens with two attached hydrogens (primary N) is 1. The first-order valence-corrected chi connectivity index (χ1v) is 7.87. The van der Waals surface area contributed by atoms with E-state index in [2.05, 4.69) is 48.3 Å². The van der Waals surface area contributed by atoms with Crippen molar-refractivity contribution >= 4 is 17.0 Å². The first-order chi connectivity index (χ1) is 9.54. The van der Waals surface area contributed by atoms with Gasteiger partial charge >= 0.3 is 0 Å². The van der Waals surface area contributed by atoms with Crippen LogP contribution < -0.4 is 5.73 Å². The van der Waals surface area contributed by atoms with Gasteiger partial charge in [-0.25, -0.2) is 4.98 Å². The summed E-state index contributed by atoms with van der Waals surface area (Å²) >= 11 is 1.72. The highest BCUT2D eigenvalue weighted by Gasteiger charge is 2.08. The first kappa shape index (κ1) is 15.0. The van der Waals surface area contributed by atoms with Crippen molar-refractivity contribution in [2.45, 2.75) is 32.7 Å². The van der Waals surface area contributed by atoms with E-state index in [1.54, 1.807) is 11.3 Å². The number of thiazole rings is 1. The average molecular weight is 289 g/mol. The quantitative estimate of drug-likeness (QED) is 0.825. The predicted octanol–water partition coefficient (Wildman–Crippen LogP) is 3.66. The highest BCUT2D eigenvalue weighted by Crippen LogP contribution is 2.20. The maximum Gasteiger partial charge on any atom is 0.0897 e. The minimum Gasteiger partial charge on any atom is -0.399 e. The summed E-state index contributed by atoms with van der Waals surface area (Å²) in [5, 5.41) is 3.29. The smallest absolute Gasteiger partial charge is 0.0897 e. The lowest BCUT2D eigenvalue weighted by atomic mass is 9.97.